The summed E-state index contributed by atoms with van der Waals surface area (Å²) < 4.78 is 0. The number of hydroxylamine groups is 1. The van der Waals surface area contributed by atoms with Gasteiger partial charge in [-0.05, 0) is 67.7 Å². The summed E-state index contributed by atoms with van der Waals surface area (Å²) in [5.41, 5.74) is 3.43. The number of carbonyl (C=O) groups excluding carboxylic acids is 1. The fraction of sp³-hybridized carbons (Fsp3) is 0.565. The van der Waals surface area contributed by atoms with Gasteiger partial charge in [0.1, 0.15) is 11.8 Å². The number of carboxylic acids is 1. The summed E-state index contributed by atoms with van der Waals surface area (Å²) >= 11 is 6.16. The molecule has 1 heterocycles. The van der Waals surface area contributed by atoms with Gasteiger partial charge in [0.05, 0.1) is 6.54 Å². The third-order valence-corrected chi connectivity index (χ3v) is 6.50. The molecular weight excluding hydrogens is 418 g/mol. The van der Waals surface area contributed by atoms with Crippen LogP contribution >= 0.6 is 11.6 Å². The van der Waals surface area contributed by atoms with Crippen LogP contribution in [-0.2, 0) is 21.0 Å². The van der Waals surface area contributed by atoms with Crippen molar-refractivity contribution in [1.82, 2.24) is 15.7 Å². The number of nitrogens with one attached hydrogen (secondary N) is 2. The predicted molar refractivity (Wildman–Crippen MR) is 119 cm³/mol. The molecule has 0 radical (unpaired) electrons. The van der Waals surface area contributed by atoms with E-state index in [9.17, 15) is 14.7 Å². The second-order valence-corrected chi connectivity index (χ2v) is 9.27. The Morgan fingerprint density at radius 1 is 1.32 bits per heavy atom. The maximum absolute atomic E-state index is 11.4. The summed E-state index contributed by atoms with van der Waals surface area (Å²) in [6.45, 7) is 8.14. The van der Waals surface area contributed by atoms with E-state index in [2.05, 4.69) is 22.3 Å². The van der Waals surface area contributed by atoms with Gasteiger partial charge in [-0.25, -0.2) is 0 Å². The molecule has 0 aromatic heterocycles. The molecule has 31 heavy (non-hydrogen) atoms. The van der Waals surface area contributed by atoms with Crippen molar-refractivity contribution in [3.05, 3.63) is 47.2 Å². The molecule has 1 saturated heterocycles. The van der Waals surface area contributed by atoms with Crippen LogP contribution in [0.15, 0.2) is 36.6 Å². The van der Waals surface area contributed by atoms with Gasteiger partial charge >= 0.3 is 5.97 Å². The fourth-order valence-electron chi connectivity index (χ4n) is 4.88. The van der Waals surface area contributed by atoms with E-state index in [4.69, 9.17) is 16.4 Å². The predicted octanol–water partition coefficient (Wildman–Crippen LogP) is 3.20. The normalized spacial score (nSPS) is 25.5. The maximum Gasteiger partial charge on any atom is 0.320 e. The van der Waals surface area contributed by atoms with Crippen LogP contribution < -0.4 is 10.8 Å². The maximum atomic E-state index is 11.4. The first-order valence-electron chi connectivity index (χ1n) is 10.8. The second kappa shape index (κ2) is 11.0. The lowest BCUT2D eigenvalue weighted by atomic mass is 9.69. The number of hydrogen-bond acceptors (Lipinski definition) is 5. The molecule has 2 fully saturated rings. The molecule has 1 aromatic carbocycles. The van der Waals surface area contributed by atoms with Crippen LogP contribution in [0.25, 0.3) is 0 Å². The summed E-state index contributed by atoms with van der Waals surface area (Å²) in [5, 5.41) is 13.3. The van der Waals surface area contributed by atoms with Crippen LogP contribution in [0.2, 0.25) is 5.02 Å². The highest BCUT2D eigenvalue weighted by atomic mass is 35.5. The number of nitrogens with zero attached hydrogens (tertiary/aromatic N) is 1. The third kappa shape index (κ3) is 7.23. The molecule has 4 atom stereocenters. The molecule has 1 aliphatic carbocycles. The van der Waals surface area contributed by atoms with Crippen molar-refractivity contribution in [3.8, 4) is 0 Å². The van der Waals surface area contributed by atoms with Crippen LogP contribution in [0.1, 0.15) is 38.2 Å². The van der Waals surface area contributed by atoms with E-state index in [-0.39, 0.29) is 5.91 Å². The quantitative estimate of drug-likeness (QED) is 0.396. The van der Waals surface area contributed by atoms with E-state index in [0.717, 1.165) is 37.9 Å². The second-order valence-electron chi connectivity index (χ2n) is 8.83. The molecule has 3 rings (SSSR count). The molecule has 1 aromatic rings. The van der Waals surface area contributed by atoms with Gasteiger partial charge in [0.15, 0.2) is 0 Å². The summed E-state index contributed by atoms with van der Waals surface area (Å²) in [6, 6.07) is 7.34. The lowest BCUT2D eigenvalue weighted by Crippen LogP contribution is -2.50. The highest BCUT2D eigenvalue weighted by molar-refractivity contribution is 6.30. The molecule has 2 aliphatic rings. The summed E-state index contributed by atoms with van der Waals surface area (Å²) in [6.07, 6.45) is 3.96. The van der Waals surface area contributed by atoms with Crippen LogP contribution in [-0.4, -0.2) is 47.6 Å². The minimum absolute atomic E-state index is 0.278. The largest absolute Gasteiger partial charge is 0.480 e. The van der Waals surface area contributed by atoms with Gasteiger partial charge in [-0.3, -0.25) is 14.5 Å². The standard InChI is InChI=1S/C23H32ClN3O4/c1-15(31-26-16(2)28)12-27(13-17-4-3-5-21(24)9-17)14-18-6-7-19-11-25-22(23(29)30)10-20(19)8-18/h3-5,9,18-20,22,25H,1,6-8,10-14H2,2H3,(H,26,28)(H,29,30). The SMILES string of the molecule is C=C(CN(Cc1cccc(Cl)c1)CC1CCC2CNC(C(=O)O)CC2C1)ONC(C)=O. The number of fused-ring (bicyclic) bond motifs is 1. The van der Waals surface area contributed by atoms with Gasteiger partial charge in [-0.2, -0.15) is 5.48 Å². The Morgan fingerprint density at radius 3 is 2.84 bits per heavy atom. The first-order valence-corrected chi connectivity index (χ1v) is 11.2. The van der Waals surface area contributed by atoms with Crippen LogP contribution in [0, 0.1) is 17.8 Å². The summed E-state index contributed by atoms with van der Waals surface area (Å²) in [5.74, 6) is 0.911. The first-order chi connectivity index (χ1) is 14.8. The average Bonchev–Trinajstić information content (AvgIpc) is 2.71. The number of carboxylic acid groups (broad SMARTS) is 1. The number of aliphatic carboxylic acids is 1. The zero-order chi connectivity index (χ0) is 22.4. The first kappa shape index (κ1) is 23.6. The minimum atomic E-state index is -0.755. The number of piperidine rings is 1. The van der Waals surface area contributed by atoms with Crippen molar-refractivity contribution in [1.29, 1.82) is 0 Å². The molecule has 170 valence electrons. The van der Waals surface area contributed by atoms with Gasteiger partial charge in [0.25, 0.3) is 0 Å². The minimum Gasteiger partial charge on any atom is -0.480 e. The number of benzene rings is 1. The van der Waals surface area contributed by atoms with E-state index in [1.807, 2.05) is 24.3 Å². The molecule has 0 spiro atoms. The van der Waals surface area contributed by atoms with Crippen LogP contribution in [0.3, 0.4) is 0 Å². The molecule has 1 saturated carbocycles. The van der Waals surface area contributed by atoms with E-state index in [1.165, 1.54) is 6.92 Å². The van der Waals surface area contributed by atoms with E-state index < -0.39 is 12.0 Å². The Kier molecular flexibility index (Phi) is 8.35. The van der Waals surface area contributed by atoms with E-state index >= 15 is 0 Å². The van der Waals surface area contributed by atoms with Crippen molar-refractivity contribution in [2.45, 2.75) is 45.2 Å². The third-order valence-electron chi connectivity index (χ3n) is 6.26. The summed E-state index contributed by atoms with van der Waals surface area (Å²) in [7, 11) is 0. The topological polar surface area (TPSA) is 90.9 Å². The van der Waals surface area contributed by atoms with Crippen LogP contribution in [0.5, 0.6) is 0 Å². The highest BCUT2D eigenvalue weighted by Gasteiger charge is 2.38. The Balaban J connectivity index is 1.63. The van der Waals surface area contributed by atoms with Gasteiger partial charge in [-0.15, -0.1) is 0 Å². The van der Waals surface area contributed by atoms with Crippen molar-refractivity contribution < 1.29 is 19.5 Å². The van der Waals surface area contributed by atoms with Gasteiger partial charge in [0.2, 0.25) is 5.91 Å². The monoisotopic (exact) mass is 449 g/mol. The van der Waals surface area contributed by atoms with Crippen molar-refractivity contribution in [2.24, 2.45) is 17.8 Å². The number of halogens is 1. The van der Waals surface area contributed by atoms with Crippen molar-refractivity contribution in [3.63, 3.8) is 0 Å². The van der Waals surface area contributed by atoms with Crippen molar-refractivity contribution in [2.75, 3.05) is 19.6 Å². The molecule has 8 heteroatoms. The molecule has 0 bridgehead atoms. The van der Waals surface area contributed by atoms with Gasteiger partial charge in [0, 0.05) is 25.0 Å². The number of rotatable bonds is 9. The highest BCUT2D eigenvalue weighted by Crippen LogP contribution is 2.39. The molecule has 1 aliphatic heterocycles. The number of amides is 1. The fourth-order valence-corrected chi connectivity index (χ4v) is 5.10. The van der Waals surface area contributed by atoms with Crippen molar-refractivity contribution >= 4 is 23.5 Å². The molecule has 4 unspecified atom stereocenters. The number of carbonyl (C=O) groups is 2. The van der Waals surface area contributed by atoms with Gasteiger partial charge < -0.3 is 15.3 Å². The lowest BCUT2D eigenvalue weighted by molar-refractivity contribution is -0.141. The Hall–Kier alpha value is -2.09. The van der Waals surface area contributed by atoms with E-state index in [0.29, 0.717) is 48.0 Å². The molecule has 1 amide bonds. The molecule has 7 nitrogen and oxygen atoms in total. The Labute approximate surface area is 188 Å². The molecule has 3 N–H and O–H groups in total. The van der Waals surface area contributed by atoms with E-state index in [1.54, 1.807) is 0 Å². The van der Waals surface area contributed by atoms with Gasteiger partial charge in [-0.1, -0.05) is 30.3 Å². The number of hydrogen-bond donors (Lipinski definition) is 3. The zero-order valence-corrected chi connectivity index (χ0v) is 18.7. The average molecular weight is 450 g/mol. The smallest absolute Gasteiger partial charge is 0.320 e. The van der Waals surface area contributed by atoms with Crippen LogP contribution in [0.4, 0.5) is 0 Å². The summed E-state index contributed by atoms with van der Waals surface area (Å²) in [4.78, 5) is 30.1. The lowest BCUT2D eigenvalue weighted by Gasteiger charge is -2.42. The molecular formula is C23H32ClN3O4. The Bertz CT molecular complexity index is 803. The zero-order valence-electron chi connectivity index (χ0n) is 18.0. The Morgan fingerprint density at radius 2 is 2.13 bits per heavy atom.